The van der Waals surface area contributed by atoms with Gasteiger partial charge in [0.25, 0.3) is 0 Å². The van der Waals surface area contributed by atoms with Gasteiger partial charge in [0, 0.05) is 39.4 Å². The molecule has 5 heteroatoms. The standard InChI is InChI=1S/C10H17N3O2/c1-13-4-2-9(12-13)6-11-7-10(14)3-5-15-8-10/h2,4,11,14H,3,5-8H2,1H3. The first-order chi connectivity index (χ1) is 7.18. The highest BCUT2D eigenvalue weighted by molar-refractivity contribution is 4.98. The highest BCUT2D eigenvalue weighted by Crippen LogP contribution is 2.16. The summed E-state index contributed by atoms with van der Waals surface area (Å²) in [4.78, 5) is 0. The first-order valence-electron chi connectivity index (χ1n) is 5.17. The van der Waals surface area contributed by atoms with Gasteiger partial charge in [0.05, 0.1) is 12.3 Å². The normalized spacial score (nSPS) is 26.0. The first-order valence-corrected chi connectivity index (χ1v) is 5.17. The molecule has 0 bridgehead atoms. The Kier molecular flexibility index (Phi) is 3.04. The maximum absolute atomic E-state index is 9.96. The van der Waals surface area contributed by atoms with Gasteiger partial charge < -0.3 is 15.2 Å². The molecule has 5 nitrogen and oxygen atoms in total. The van der Waals surface area contributed by atoms with Gasteiger partial charge in [-0.1, -0.05) is 0 Å². The SMILES string of the molecule is Cn1ccc(CNCC2(O)CCOC2)n1. The van der Waals surface area contributed by atoms with Crippen LogP contribution in [0.3, 0.4) is 0 Å². The summed E-state index contributed by atoms with van der Waals surface area (Å²) in [5.74, 6) is 0. The number of nitrogens with zero attached hydrogens (tertiary/aromatic N) is 2. The fourth-order valence-electron chi connectivity index (χ4n) is 1.72. The van der Waals surface area contributed by atoms with Crippen LogP contribution in [0, 0.1) is 0 Å². The fraction of sp³-hybridized carbons (Fsp3) is 0.700. The van der Waals surface area contributed by atoms with Gasteiger partial charge in [-0.25, -0.2) is 0 Å². The van der Waals surface area contributed by atoms with Crippen LogP contribution in [0.4, 0.5) is 0 Å². The number of aliphatic hydroxyl groups is 1. The van der Waals surface area contributed by atoms with Crippen LogP contribution in [0.2, 0.25) is 0 Å². The lowest BCUT2D eigenvalue weighted by Crippen LogP contribution is -2.40. The van der Waals surface area contributed by atoms with Crippen molar-refractivity contribution in [3.05, 3.63) is 18.0 Å². The largest absolute Gasteiger partial charge is 0.386 e. The Morgan fingerprint density at radius 3 is 3.20 bits per heavy atom. The molecule has 15 heavy (non-hydrogen) atoms. The van der Waals surface area contributed by atoms with Crippen LogP contribution in [0.5, 0.6) is 0 Å². The zero-order valence-corrected chi connectivity index (χ0v) is 8.94. The van der Waals surface area contributed by atoms with Gasteiger partial charge in [0.1, 0.15) is 5.60 Å². The predicted octanol–water partition coefficient (Wildman–Crippen LogP) is -0.339. The van der Waals surface area contributed by atoms with Crippen LogP contribution < -0.4 is 5.32 Å². The van der Waals surface area contributed by atoms with Crippen LogP contribution >= 0.6 is 0 Å². The minimum absolute atomic E-state index is 0.433. The molecule has 84 valence electrons. The number of hydrogen-bond donors (Lipinski definition) is 2. The summed E-state index contributed by atoms with van der Waals surface area (Å²) in [5, 5.41) is 17.4. The summed E-state index contributed by atoms with van der Waals surface area (Å²) in [6.07, 6.45) is 2.62. The van der Waals surface area contributed by atoms with Gasteiger partial charge in [-0.2, -0.15) is 5.10 Å². The second kappa shape index (κ2) is 4.30. The number of hydrogen-bond acceptors (Lipinski definition) is 4. The lowest BCUT2D eigenvalue weighted by molar-refractivity contribution is 0.0268. The molecule has 2 N–H and O–H groups in total. The number of rotatable bonds is 4. The third-order valence-corrected chi connectivity index (χ3v) is 2.61. The molecule has 1 saturated heterocycles. The van der Waals surface area contributed by atoms with E-state index < -0.39 is 5.60 Å². The third-order valence-electron chi connectivity index (χ3n) is 2.61. The fourth-order valence-corrected chi connectivity index (χ4v) is 1.72. The molecule has 0 aliphatic carbocycles. The molecule has 1 aliphatic heterocycles. The minimum Gasteiger partial charge on any atom is -0.386 e. The van der Waals surface area contributed by atoms with E-state index in [9.17, 15) is 5.11 Å². The Hall–Kier alpha value is -0.910. The summed E-state index contributed by atoms with van der Waals surface area (Å²) in [6, 6.07) is 1.96. The van der Waals surface area contributed by atoms with E-state index in [-0.39, 0.29) is 0 Å². The van der Waals surface area contributed by atoms with Gasteiger partial charge in [-0.05, 0) is 6.07 Å². The van der Waals surface area contributed by atoms with Crippen molar-refractivity contribution in [3.8, 4) is 0 Å². The zero-order chi connectivity index (χ0) is 10.7. The van der Waals surface area contributed by atoms with E-state index in [0.717, 1.165) is 5.69 Å². The Morgan fingerprint density at radius 1 is 1.73 bits per heavy atom. The lowest BCUT2D eigenvalue weighted by atomic mass is 10.0. The summed E-state index contributed by atoms with van der Waals surface area (Å²) in [7, 11) is 1.89. The molecular weight excluding hydrogens is 194 g/mol. The number of aromatic nitrogens is 2. The van der Waals surface area contributed by atoms with E-state index in [1.807, 2.05) is 19.3 Å². The van der Waals surface area contributed by atoms with Crippen molar-refractivity contribution in [2.24, 2.45) is 7.05 Å². The maximum atomic E-state index is 9.96. The summed E-state index contributed by atoms with van der Waals surface area (Å²) < 4.78 is 6.93. The van der Waals surface area contributed by atoms with E-state index in [1.54, 1.807) is 4.68 Å². The molecule has 1 aliphatic rings. The topological polar surface area (TPSA) is 59.3 Å². The molecule has 2 rings (SSSR count). The average Bonchev–Trinajstić information content (AvgIpc) is 2.76. The second-order valence-corrected chi connectivity index (χ2v) is 4.11. The molecule has 1 aromatic heterocycles. The molecule has 0 spiro atoms. The Bertz CT molecular complexity index is 318. The zero-order valence-electron chi connectivity index (χ0n) is 8.94. The molecule has 1 aromatic rings. The molecule has 0 amide bonds. The number of aryl methyl sites for hydroxylation is 1. The van der Waals surface area contributed by atoms with Crippen molar-refractivity contribution >= 4 is 0 Å². The van der Waals surface area contributed by atoms with E-state index in [1.165, 1.54) is 0 Å². The summed E-state index contributed by atoms with van der Waals surface area (Å²) in [6.45, 7) is 2.33. The molecule has 0 aromatic carbocycles. The Balaban J connectivity index is 1.75. The van der Waals surface area contributed by atoms with Crippen LogP contribution in [0.25, 0.3) is 0 Å². The average molecular weight is 211 g/mol. The minimum atomic E-state index is -0.686. The quantitative estimate of drug-likeness (QED) is 0.715. The van der Waals surface area contributed by atoms with Crippen molar-refractivity contribution < 1.29 is 9.84 Å². The molecular formula is C10H17N3O2. The van der Waals surface area contributed by atoms with E-state index in [4.69, 9.17) is 4.74 Å². The van der Waals surface area contributed by atoms with E-state index in [0.29, 0.717) is 32.7 Å². The Morgan fingerprint density at radius 2 is 2.60 bits per heavy atom. The summed E-state index contributed by atoms with van der Waals surface area (Å²) in [5.41, 5.74) is 0.300. The number of nitrogens with one attached hydrogen (secondary N) is 1. The molecule has 2 heterocycles. The Labute approximate surface area is 89.0 Å². The molecule has 1 fully saturated rings. The van der Waals surface area contributed by atoms with Gasteiger partial charge >= 0.3 is 0 Å². The third kappa shape index (κ3) is 2.77. The van der Waals surface area contributed by atoms with Crippen molar-refractivity contribution in [1.29, 1.82) is 0 Å². The van der Waals surface area contributed by atoms with Crippen molar-refractivity contribution in [2.45, 2.75) is 18.6 Å². The number of ether oxygens (including phenoxy) is 1. The van der Waals surface area contributed by atoms with Gasteiger partial charge in [0.15, 0.2) is 0 Å². The van der Waals surface area contributed by atoms with Gasteiger partial charge in [-0.15, -0.1) is 0 Å². The molecule has 1 unspecified atom stereocenters. The molecule has 0 saturated carbocycles. The van der Waals surface area contributed by atoms with Crippen molar-refractivity contribution in [3.63, 3.8) is 0 Å². The second-order valence-electron chi connectivity index (χ2n) is 4.11. The maximum Gasteiger partial charge on any atom is 0.103 e. The van der Waals surface area contributed by atoms with Crippen molar-refractivity contribution in [1.82, 2.24) is 15.1 Å². The highest BCUT2D eigenvalue weighted by atomic mass is 16.5. The predicted molar refractivity (Wildman–Crippen MR) is 55.3 cm³/mol. The highest BCUT2D eigenvalue weighted by Gasteiger charge is 2.31. The van der Waals surface area contributed by atoms with Crippen LogP contribution in [0.1, 0.15) is 12.1 Å². The van der Waals surface area contributed by atoms with Gasteiger partial charge in [-0.3, -0.25) is 4.68 Å². The molecule has 1 atom stereocenters. The summed E-state index contributed by atoms with van der Waals surface area (Å²) >= 11 is 0. The van der Waals surface area contributed by atoms with Crippen LogP contribution in [-0.2, 0) is 18.3 Å². The monoisotopic (exact) mass is 211 g/mol. The first kappa shape index (κ1) is 10.6. The van der Waals surface area contributed by atoms with Crippen molar-refractivity contribution in [2.75, 3.05) is 19.8 Å². The molecule has 0 radical (unpaired) electrons. The van der Waals surface area contributed by atoms with Crippen LogP contribution in [0.15, 0.2) is 12.3 Å². The smallest absolute Gasteiger partial charge is 0.103 e. The van der Waals surface area contributed by atoms with Gasteiger partial charge in [0.2, 0.25) is 0 Å². The lowest BCUT2D eigenvalue weighted by Gasteiger charge is -2.20. The van der Waals surface area contributed by atoms with E-state index in [2.05, 4.69) is 10.4 Å². The van der Waals surface area contributed by atoms with E-state index >= 15 is 0 Å². The van der Waals surface area contributed by atoms with Crippen LogP contribution in [-0.4, -0.2) is 40.2 Å².